The molecule has 3 rings (SSSR count). The van der Waals surface area contributed by atoms with Gasteiger partial charge < -0.3 is 14.5 Å². The van der Waals surface area contributed by atoms with Crippen LogP contribution < -0.4 is 4.74 Å². The molecule has 0 unspecified atom stereocenters. The fraction of sp³-hybridized carbons (Fsp3) is 0.611. The molecule has 4 heteroatoms. The highest BCUT2D eigenvalue weighted by Crippen LogP contribution is 2.29. The minimum absolute atomic E-state index is 0.260. The van der Waals surface area contributed by atoms with Crippen molar-refractivity contribution in [3.05, 3.63) is 29.8 Å². The van der Waals surface area contributed by atoms with E-state index in [2.05, 4.69) is 16.8 Å². The minimum Gasteiger partial charge on any atom is -0.497 e. The molecular formula is C18H26N2O2. The Morgan fingerprint density at radius 1 is 1.23 bits per heavy atom. The molecule has 22 heavy (non-hydrogen) atoms. The second-order valence-electron chi connectivity index (χ2n) is 6.52. The number of carbonyl (C=O) groups excluding carboxylic acids is 1. The lowest BCUT2D eigenvalue weighted by Crippen LogP contribution is -2.47. The number of benzene rings is 1. The maximum absolute atomic E-state index is 12.8. The molecule has 120 valence electrons. The van der Waals surface area contributed by atoms with Crippen LogP contribution in [0.1, 0.15) is 31.2 Å². The normalized spacial score (nSPS) is 25.6. The SMILES string of the molecule is COc1cccc(CC(=O)N2CCC[C@@H]2[C@H]2CCCN2C)c1. The van der Waals surface area contributed by atoms with E-state index >= 15 is 0 Å². The summed E-state index contributed by atoms with van der Waals surface area (Å²) < 4.78 is 5.25. The number of carbonyl (C=O) groups is 1. The van der Waals surface area contributed by atoms with Crippen molar-refractivity contribution in [3.8, 4) is 5.75 Å². The zero-order chi connectivity index (χ0) is 15.5. The Bertz CT molecular complexity index is 532. The molecule has 0 spiro atoms. The number of amides is 1. The van der Waals surface area contributed by atoms with Gasteiger partial charge in [-0.05, 0) is 57.0 Å². The predicted molar refractivity (Wildman–Crippen MR) is 87.1 cm³/mol. The fourth-order valence-electron chi connectivity index (χ4n) is 3.98. The highest BCUT2D eigenvalue weighted by Gasteiger charge is 2.38. The molecule has 2 fully saturated rings. The molecule has 0 aliphatic carbocycles. The van der Waals surface area contributed by atoms with Gasteiger partial charge in [-0.1, -0.05) is 12.1 Å². The Morgan fingerprint density at radius 2 is 2.00 bits per heavy atom. The summed E-state index contributed by atoms with van der Waals surface area (Å²) in [6, 6.07) is 8.80. The van der Waals surface area contributed by atoms with Gasteiger partial charge in [-0.3, -0.25) is 4.79 Å². The molecule has 0 N–H and O–H groups in total. The van der Waals surface area contributed by atoms with Crippen LogP contribution in [0.5, 0.6) is 5.75 Å². The number of methoxy groups -OCH3 is 1. The second kappa shape index (κ2) is 6.69. The van der Waals surface area contributed by atoms with Crippen molar-refractivity contribution in [2.24, 2.45) is 0 Å². The first kappa shape index (κ1) is 15.3. The summed E-state index contributed by atoms with van der Waals surface area (Å²) >= 11 is 0. The largest absolute Gasteiger partial charge is 0.497 e. The molecule has 1 amide bonds. The van der Waals surface area contributed by atoms with E-state index in [9.17, 15) is 4.79 Å². The van der Waals surface area contributed by atoms with E-state index in [0.29, 0.717) is 18.5 Å². The summed E-state index contributed by atoms with van der Waals surface area (Å²) in [5.41, 5.74) is 1.04. The van der Waals surface area contributed by atoms with Crippen LogP contribution in [0.3, 0.4) is 0 Å². The van der Waals surface area contributed by atoms with Gasteiger partial charge in [0.2, 0.25) is 5.91 Å². The summed E-state index contributed by atoms with van der Waals surface area (Å²) in [6.07, 6.45) is 5.25. The Labute approximate surface area is 133 Å². The molecule has 0 bridgehead atoms. The third kappa shape index (κ3) is 3.12. The van der Waals surface area contributed by atoms with Crippen molar-refractivity contribution >= 4 is 5.91 Å². The topological polar surface area (TPSA) is 32.8 Å². The van der Waals surface area contributed by atoms with Gasteiger partial charge >= 0.3 is 0 Å². The zero-order valence-corrected chi connectivity index (χ0v) is 13.6. The van der Waals surface area contributed by atoms with E-state index in [1.807, 2.05) is 24.3 Å². The van der Waals surface area contributed by atoms with Crippen LogP contribution in [0, 0.1) is 0 Å². The maximum Gasteiger partial charge on any atom is 0.227 e. The van der Waals surface area contributed by atoms with E-state index in [1.54, 1.807) is 7.11 Å². The first-order chi connectivity index (χ1) is 10.7. The van der Waals surface area contributed by atoms with Gasteiger partial charge in [0.15, 0.2) is 0 Å². The van der Waals surface area contributed by atoms with Gasteiger partial charge in [0.05, 0.1) is 13.5 Å². The standard InChI is InChI=1S/C18H26N2O2/c1-19-10-4-8-16(19)17-9-5-11-20(17)18(21)13-14-6-3-7-15(12-14)22-2/h3,6-7,12,16-17H,4-5,8-11,13H2,1-2H3/t16-,17-/m1/s1. The van der Waals surface area contributed by atoms with Crippen LogP contribution in [0.2, 0.25) is 0 Å². The molecule has 2 saturated heterocycles. The average molecular weight is 302 g/mol. The Hall–Kier alpha value is -1.55. The van der Waals surface area contributed by atoms with Gasteiger partial charge in [0.1, 0.15) is 5.75 Å². The maximum atomic E-state index is 12.8. The Kier molecular flexibility index (Phi) is 4.67. The number of likely N-dealkylation sites (tertiary alicyclic amines) is 2. The van der Waals surface area contributed by atoms with Crippen LogP contribution >= 0.6 is 0 Å². The van der Waals surface area contributed by atoms with Gasteiger partial charge in [-0.25, -0.2) is 0 Å². The fourth-order valence-corrected chi connectivity index (χ4v) is 3.98. The number of likely N-dealkylation sites (N-methyl/N-ethyl adjacent to an activating group) is 1. The molecule has 0 radical (unpaired) electrons. The average Bonchev–Trinajstić information content (AvgIpc) is 3.15. The molecular weight excluding hydrogens is 276 g/mol. The van der Waals surface area contributed by atoms with E-state index in [4.69, 9.17) is 4.74 Å². The van der Waals surface area contributed by atoms with Crippen molar-refractivity contribution in [1.29, 1.82) is 0 Å². The molecule has 0 saturated carbocycles. The lowest BCUT2D eigenvalue weighted by Gasteiger charge is -2.33. The van der Waals surface area contributed by atoms with Crippen molar-refractivity contribution in [1.82, 2.24) is 9.80 Å². The van der Waals surface area contributed by atoms with E-state index in [1.165, 1.54) is 19.4 Å². The van der Waals surface area contributed by atoms with Crippen molar-refractivity contribution < 1.29 is 9.53 Å². The van der Waals surface area contributed by atoms with Crippen LogP contribution in [-0.2, 0) is 11.2 Å². The van der Waals surface area contributed by atoms with Crippen molar-refractivity contribution in [3.63, 3.8) is 0 Å². The van der Waals surface area contributed by atoms with Crippen molar-refractivity contribution in [2.45, 2.75) is 44.2 Å². The van der Waals surface area contributed by atoms with Gasteiger partial charge in [0.25, 0.3) is 0 Å². The number of hydrogen-bond donors (Lipinski definition) is 0. The summed E-state index contributed by atoms with van der Waals surface area (Å²) in [4.78, 5) is 17.3. The number of nitrogens with zero attached hydrogens (tertiary/aromatic N) is 2. The molecule has 2 heterocycles. The number of ether oxygens (including phenoxy) is 1. The number of rotatable bonds is 4. The molecule has 1 aromatic rings. The van der Waals surface area contributed by atoms with E-state index in [0.717, 1.165) is 30.7 Å². The summed E-state index contributed by atoms with van der Waals surface area (Å²) in [5, 5.41) is 0. The highest BCUT2D eigenvalue weighted by atomic mass is 16.5. The first-order valence-corrected chi connectivity index (χ1v) is 8.31. The number of hydrogen-bond acceptors (Lipinski definition) is 3. The van der Waals surface area contributed by atoms with Crippen LogP contribution in [0.15, 0.2) is 24.3 Å². The molecule has 2 aliphatic heterocycles. The van der Waals surface area contributed by atoms with Gasteiger partial charge in [-0.15, -0.1) is 0 Å². The van der Waals surface area contributed by atoms with E-state index < -0.39 is 0 Å². The summed E-state index contributed by atoms with van der Waals surface area (Å²) in [6.45, 7) is 2.08. The molecule has 2 atom stereocenters. The van der Waals surface area contributed by atoms with Gasteiger partial charge in [-0.2, -0.15) is 0 Å². The summed E-state index contributed by atoms with van der Waals surface area (Å²) in [5.74, 6) is 1.08. The Morgan fingerprint density at radius 3 is 2.73 bits per heavy atom. The van der Waals surface area contributed by atoms with Crippen LogP contribution in [-0.4, -0.2) is 55.0 Å². The lowest BCUT2D eigenvalue weighted by atomic mass is 10.0. The van der Waals surface area contributed by atoms with E-state index in [-0.39, 0.29) is 5.91 Å². The quantitative estimate of drug-likeness (QED) is 0.856. The van der Waals surface area contributed by atoms with Crippen LogP contribution in [0.25, 0.3) is 0 Å². The molecule has 1 aromatic carbocycles. The third-order valence-corrected chi connectivity index (χ3v) is 5.13. The zero-order valence-electron chi connectivity index (χ0n) is 13.6. The molecule has 0 aromatic heterocycles. The first-order valence-electron chi connectivity index (χ1n) is 8.31. The van der Waals surface area contributed by atoms with Crippen LogP contribution in [0.4, 0.5) is 0 Å². The third-order valence-electron chi connectivity index (χ3n) is 5.13. The van der Waals surface area contributed by atoms with Crippen molar-refractivity contribution in [2.75, 3.05) is 27.2 Å². The molecule has 4 nitrogen and oxygen atoms in total. The monoisotopic (exact) mass is 302 g/mol. The molecule has 2 aliphatic rings. The highest BCUT2D eigenvalue weighted by molar-refractivity contribution is 5.79. The lowest BCUT2D eigenvalue weighted by molar-refractivity contribution is -0.132. The smallest absolute Gasteiger partial charge is 0.227 e. The summed E-state index contributed by atoms with van der Waals surface area (Å²) in [7, 11) is 3.86. The minimum atomic E-state index is 0.260. The Balaban J connectivity index is 1.68. The van der Waals surface area contributed by atoms with Gasteiger partial charge in [0, 0.05) is 18.6 Å². The predicted octanol–water partition coefficient (Wildman–Crippen LogP) is 2.32. The second-order valence-corrected chi connectivity index (χ2v) is 6.52.